The lowest BCUT2D eigenvalue weighted by Gasteiger charge is -2.27. The Morgan fingerprint density at radius 2 is 1.76 bits per heavy atom. The van der Waals surface area contributed by atoms with E-state index < -0.39 is 0 Å². The Bertz CT molecular complexity index is 585. The third-order valence-corrected chi connectivity index (χ3v) is 5.04. The first-order valence-corrected chi connectivity index (χ1v) is 8.00. The van der Waals surface area contributed by atoms with Crippen LogP contribution >= 0.6 is 23.2 Å². The van der Waals surface area contributed by atoms with Crippen molar-refractivity contribution < 1.29 is 14.5 Å². The predicted molar refractivity (Wildman–Crippen MR) is 81.9 cm³/mol. The Labute approximate surface area is 133 Å². The van der Waals surface area contributed by atoms with Crippen LogP contribution in [-0.2, 0) is 9.59 Å². The molecule has 2 saturated heterocycles. The van der Waals surface area contributed by atoms with E-state index in [4.69, 9.17) is 23.2 Å². The van der Waals surface area contributed by atoms with Crippen LogP contribution in [0, 0.1) is 0 Å². The molecule has 4 nitrogen and oxygen atoms in total. The second-order valence-electron chi connectivity index (χ2n) is 5.64. The topological polar surface area (TPSA) is 41.8 Å². The highest BCUT2D eigenvalue weighted by Gasteiger charge is 2.45. The Hall–Kier alpha value is -1.10. The molecule has 3 rings (SSSR count). The highest BCUT2D eigenvalue weighted by atomic mass is 35.5. The summed E-state index contributed by atoms with van der Waals surface area (Å²) in [5, 5.41) is 0.765. The quantitative estimate of drug-likeness (QED) is 0.840. The zero-order chi connectivity index (χ0) is 15.0. The molecule has 0 spiro atoms. The van der Waals surface area contributed by atoms with Crippen molar-refractivity contribution >= 4 is 40.7 Å². The van der Waals surface area contributed by atoms with Crippen molar-refractivity contribution in [3.8, 4) is 0 Å². The van der Waals surface area contributed by atoms with Gasteiger partial charge in [-0.25, -0.2) is 4.90 Å². The number of rotatable bonds is 2. The van der Waals surface area contributed by atoms with E-state index in [1.807, 2.05) is 0 Å². The van der Waals surface area contributed by atoms with Gasteiger partial charge >= 0.3 is 0 Å². The van der Waals surface area contributed by atoms with Gasteiger partial charge in [-0.3, -0.25) is 9.59 Å². The second-order valence-corrected chi connectivity index (χ2v) is 6.46. The number of nitrogens with zero attached hydrogens (tertiary/aromatic N) is 1. The number of piperidine rings is 1. The molecule has 2 heterocycles. The fraction of sp³-hybridized carbons (Fsp3) is 0.467. The van der Waals surface area contributed by atoms with Crippen molar-refractivity contribution in [3.05, 3.63) is 28.2 Å². The van der Waals surface area contributed by atoms with E-state index in [1.54, 1.807) is 18.2 Å². The van der Waals surface area contributed by atoms with Gasteiger partial charge in [0.05, 0.1) is 35.2 Å². The van der Waals surface area contributed by atoms with Crippen molar-refractivity contribution in [1.29, 1.82) is 0 Å². The lowest BCUT2D eigenvalue weighted by molar-refractivity contribution is -0.919. The zero-order valence-corrected chi connectivity index (χ0v) is 13.1. The summed E-state index contributed by atoms with van der Waals surface area (Å²) in [6.45, 7) is 1.94. The summed E-state index contributed by atoms with van der Waals surface area (Å²) >= 11 is 11.9. The van der Waals surface area contributed by atoms with E-state index in [2.05, 4.69) is 0 Å². The van der Waals surface area contributed by atoms with Gasteiger partial charge in [0, 0.05) is 0 Å². The van der Waals surface area contributed by atoms with Crippen molar-refractivity contribution in [1.82, 2.24) is 0 Å². The zero-order valence-electron chi connectivity index (χ0n) is 11.6. The number of hydrogen-bond acceptors (Lipinski definition) is 2. The van der Waals surface area contributed by atoms with E-state index in [9.17, 15) is 9.59 Å². The molecular weight excluding hydrogens is 311 g/mol. The minimum Gasteiger partial charge on any atom is -0.324 e. The summed E-state index contributed by atoms with van der Waals surface area (Å²) < 4.78 is 0. The average Bonchev–Trinajstić information content (AvgIpc) is 2.78. The molecule has 1 N–H and O–H groups in total. The van der Waals surface area contributed by atoms with Gasteiger partial charge < -0.3 is 4.90 Å². The summed E-state index contributed by atoms with van der Waals surface area (Å²) in [6, 6.07) is 4.61. The van der Waals surface area contributed by atoms with E-state index in [1.165, 1.54) is 16.2 Å². The third kappa shape index (κ3) is 2.80. The van der Waals surface area contributed by atoms with E-state index in [-0.39, 0.29) is 24.3 Å². The molecule has 112 valence electrons. The number of carbonyl (C=O) groups is 2. The summed E-state index contributed by atoms with van der Waals surface area (Å²) in [6.07, 6.45) is 3.75. The first kappa shape index (κ1) is 14.8. The summed E-state index contributed by atoms with van der Waals surface area (Å²) in [5.41, 5.74) is 0.512. The molecule has 1 aromatic rings. The maximum Gasteiger partial charge on any atom is 0.292 e. The number of benzene rings is 1. The van der Waals surface area contributed by atoms with E-state index in [0.717, 1.165) is 25.9 Å². The number of halogens is 2. The molecule has 0 bridgehead atoms. The Balaban J connectivity index is 1.84. The fourth-order valence-corrected chi connectivity index (χ4v) is 3.49. The number of quaternary nitrogens is 1. The molecule has 21 heavy (non-hydrogen) atoms. The molecular formula is C15H17Cl2N2O2+. The highest BCUT2D eigenvalue weighted by molar-refractivity contribution is 6.42. The van der Waals surface area contributed by atoms with Gasteiger partial charge in [-0.2, -0.15) is 0 Å². The van der Waals surface area contributed by atoms with Crippen LogP contribution in [0.1, 0.15) is 25.7 Å². The second kappa shape index (κ2) is 5.95. The summed E-state index contributed by atoms with van der Waals surface area (Å²) in [7, 11) is 0. The molecule has 0 aliphatic carbocycles. The predicted octanol–water partition coefficient (Wildman–Crippen LogP) is 1.69. The number of likely N-dealkylation sites (tertiary alicyclic amines) is 1. The number of nitrogens with one attached hydrogen (secondary N) is 1. The smallest absolute Gasteiger partial charge is 0.292 e. The molecule has 2 amide bonds. The molecule has 2 aliphatic rings. The maximum absolute atomic E-state index is 12.6. The fourth-order valence-electron chi connectivity index (χ4n) is 3.20. The molecule has 0 saturated carbocycles. The van der Waals surface area contributed by atoms with Crippen LogP contribution in [0.15, 0.2) is 18.2 Å². The van der Waals surface area contributed by atoms with Crippen LogP contribution in [0.4, 0.5) is 5.69 Å². The number of hydrogen-bond donors (Lipinski definition) is 1. The number of carbonyl (C=O) groups excluding carboxylic acids is 2. The van der Waals surface area contributed by atoms with Crippen molar-refractivity contribution in [3.63, 3.8) is 0 Å². The van der Waals surface area contributed by atoms with Gasteiger partial charge in [0.25, 0.3) is 5.91 Å². The first-order chi connectivity index (χ1) is 10.1. The highest BCUT2D eigenvalue weighted by Crippen LogP contribution is 2.29. The Morgan fingerprint density at radius 1 is 1.05 bits per heavy atom. The lowest BCUT2D eigenvalue weighted by Crippen LogP contribution is -3.17. The van der Waals surface area contributed by atoms with Crippen molar-refractivity contribution in [2.45, 2.75) is 31.7 Å². The lowest BCUT2D eigenvalue weighted by atomic mass is 10.1. The van der Waals surface area contributed by atoms with Gasteiger partial charge in [-0.15, -0.1) is 0 Å². The Morgan fingerprint density at radius 3 is 2.43 bits per heavy atom. The number of anilines is 1. The molecule has 1 atom stereocenters. The SMILES string of the molecule is O=C1C[C@H]([NH+]2CCCCC2)C(=O)N1c1ccc(Cl)c(Cl)c1. The third-order valence-electron chi connectivity index (χ3n) is 4.30. The van der Waals surface area contributed by atoms with Crippen molar-refractivity contribution in [2.75, 3.05) is 18.0 Å². The van der Waals surface area contributed by atoms with Crippen molar-refractivity contribution in [2.24, 2.45) is 0 Å². The molecule has 0 unspecified atom stereocenters. The van der Waals surface area contributed by atoms with Crippen LogP contribution in [0.25, 0.3) is 0 Å². The summed E-state index contributed by atoms with van der Waals surface area (Å²) in [4.78, 5) is 27.4. The Kier molecular flexibility index (Phi) is 4.20. The van der Waals surface area contributed by atoms with Gasteiger partial charge in [0.1, 0.15) is 0 Å². The molecule has 0 radical (unpaired) electrons. The van der Waals surface area contributed by atoms with Gasteiger partial charge in [-0.05, 0) is 37.5 Å². The normalized spacial score (nSPS) is 23.9. The minimum absolute atomic E-state index is 0.115. The van der Waals surface area contributed by atoms with Gasteiger partial charge in [0.15, 0.2) is 6.04 Å². The maximum atomic E-state index is 12.6. The van der Waals surface area contributed by atoms with E-state index >= 15 is 0 Å². The average molecular weight is 328 g/mol. The van der Waals surface area contributed by atoms with Crippen LogP contribution in [-0.4, -0.2) is 30.9 Å². The molecule has 1 aromatic carbocycles. The van der Waals surface area contributed by atoms with E-state index in [0.29, 0.717) is 15.7 Å². The summed E-state index contributed by atoms with van der Waals surface area (Å²) in [5.74, 6) is -0.267. The van der Waals surface area contributed by atoms with Gasteiger partial charge in [0.2, 0.25) is 5.91 Å². The van der Waals surface area contributed by atoms with Crippen LogP contribution < -0.4 is 9.80 Å². The van der Waals surface area contributed by atoms with Gasteiger partial charge in [-0.1, -0.05) is 23.2 Å². The first-order valence-electron chi connectivity index (χ1n) is 7.24. The monoisotopic (exact) mass is 327 g/mol. The molecule has 0 aromatic heterocycles. The number of amides is 2. The molecule has 2 aliphatic heterocycles. The number of imide groups is 1. The van der Waals surface area contributed by atoms with Crippen LogP contribution in [0.3, 0.4) is 0 Å². The standard InChI is InChI=1S/C15H16Cl2N2O2/c16-11-5-4-10(8-12(11)17)19-14(20)9-13(15(19)21)18-6-2-1-3-7-18/h4-5,8,13H,1-3,6-7,9H2/p+1/t13-/m0/s1. The van der Waals surface area contributed by atoms with Crippen LogP contribution in [0.2, 0.25) is 10.0 Å². The molecule has 6 heteroatoms. The molecule has 2 fully saturated rings. The minimum atomic E-state index is -0.243. The largest absolute Gasteiger partial charge is 0.324 e. The van der Waals surface area contributed by atoms with Crippen LogP contribution in [0.5, 0.6) is 0 Å².